The van der Waals surface area contributed by atoms with Crippen LogP contribution in [0.2, 0.25) is 0 Å². The second-order valence-corrected chi connectivity index (χ2v) is 4.00. The molecule has 1 aliphatic rings. The van der Waals surface area contributed by atoms with Gasteiger partial charge >= 0.3 is 5.37 Å². The number of likely N-dealkylation sites (tertiary alicyclic amines) is 1. The van der Waals surface area contributed by atoms with E-state index in [-0.39, 0.29) is 11.9 Å². The molecule has 3 nitrogen and oxygen atoms in total. The molecule has 1 aromatic rings. The monoisotopic (exact) mass is 243 g/mol. The number of amides is 1. The van der Waals surface area contributed by atoms with Gasteiger partial charge in [-0.05, 0) is 35.9 Å². The average Bonchev–Trinajstić information content (AvgIpc) is 2.70. The molecule has 2 rings (SSSR count). The van der Waals surface area contributed by atoms with E-state index >= 15 is 0 Å². The zero-order valence-electron chi connectivity index (χ0n) is 8.53. The van der Waals surface area contributed by atoms with Crippen molar-refractivity contribution < 1.29 is 13.9 Å². The summed E-state index contributed by atoms with van der Waals surface area (Å²) in [6.07, 6.45) is 0.684. The van der Waals surface area contributed by atoms with Gasteiger partial charge < -0.3 is 9.64 Å². The molecule has 0 N–H and O–H groups in total. The van der Waals surface area contributed by atoms with Gasteiger partial charge in [0.1, 0.15) is 17.7 Å². The standard InChI is InChI=1S/C11H11ClFNO2/c12-11(15)14-6-5-10(7-14)16-9-3-1-8(13)2-4-9/h1-4,10H,5-7H2. The van der Waals surface area contributed by atoms with Crippen LogP contribution in [0, 0.1) is 5.82 Å². The molecule has 1 heterocycles. The number of carbonyl (C=O) groups is 1. The Kier molecular flexibility index (Phi) is 3.29. The van der Waals surface area contributed by atoms with Gasteiger partial charge in [-0.2, -0.15) is 0 Å². The Bertz CT molecular complexity index is 382. The molecule has 1 amide bonds. The van der Waals surface area contributed by atoms with Gasteiger partial charge in [0.15, 0.2) is 0 Å². The zero-order valence-corrected chi connectivity index (χ0v) is 9.28. The molecule has 1 aliphatic heterocycles. The molecule has 0 aromatic heterocycles. The molecule has 0 aliphatic carbocycles. The lowest BCUT2D eigenvalue weighted by molar-refractivity contribution is 0.199. The second-order valence-electron chi connectivity index (χ2n) is 3.68. The number of ether oxygens (including phenoxy) is 1. The Morgan fingerprint density at radius 1 is 1.44 bits per heavy atom. The highest BCUT2D eigenvalue weighted by Crippen LogP contribution is 2.19. The van der Waals surface area contributed by atoms with Crippen LogP contribution in [0.3, 0.4) is 0 Å². The number of nitrogens with zero attached hydrogens (tertiary/aromatic N) is 1. The van der Waals surface area contributed by atoms with E-state index in [1.165, 1.54) is 17.0 Å². The van der Waals surface area contributed by atoms with Crippen molar-refractivity contribution in [2.24, 2.45) is 0 Å². The van der Waals surface area contributed by atoms with Crippen molar-refractivity contribution >= 4 is 17.0 Å². The third kappa shape index (κ3) is 2.64. The highest BCUT2D eigenvalue weighted by molar-refractivity contribution is 6.62. The van der Waals surface area contributed by atoms with Crippen LogP contribution in [0.15, 0.2) is 24.3 Å². The van der Waals surface area contributed by atoms with Gasteiger partial charge in [-0.1, -0.05) is 0 Å². The Hall–Kier alpha value is -1.29. The third-order valence-corrected chi connectivity index (χ3v) is 2.75. The van der Waals surface area contributed by atoms with E-state index in [0.717, 1.165) is 6.42 Å². The predicted octanol–water partition coefficient (Wildman–Crippen LogP) is 2.64. The van der Waals surface area contributed by atoms with E-state index < -0.39 is 5.37 Å². The number of halogens is 2. The topological polar surface area (TPSA) is 29.5 Å². The van der Waals surface area contributed by atoms with E-state index in [9.17, 15) is 9.18 Å². The summed E-state index contributed by atoms with van der Waals surface area (Å²) in [5.74, 6) is 0.312. The molecule has 0 saturated carbocycles. The maximum Gasteiger partial charge on any atom is 0.316 e. The molecular weight excluding hydrogens is 233 g/mol. The summed E-state index contributed by atoms with van der Waals surface area (Å²) in [5.41, 5.74) is 0. The number of carbonyl (C=O) groups excluding carboxylic acids is 1. The van der Waals surface area contributed by atoms with Gasteiger partial charge in [0.25, 0.3) is 0 Å². The van der Waals surface area contributed by atoms with E-state index in [2.05, 4.69) is 0 Å². The first-order chi connectivity index (χ1) is 7.65. The summed E-state index contributed by atoms with van der Waals surface area (Å²) in [6, 6.07) is 5.82. The summed E-state index contributed by atoms with van der Waals surface area (Å²) in [4.78, 5) is 12.4. The summed E-state index contributed by atoms with van der Waals surface area (Å²) in [5, 5.41) is -0.454. The number of hydrogen-bond donors (Lipinski definition) is 0. The fraction of sp³-hybridized carbons (Fsp3) is 0.364. The quantitative estimate of drug-likeness (QED) is 0.590. The summed E-state index contributed by atoms with van der Waals surface area (Å²) >= 11 is 5.36. The molecule has 1 saturated heterocycles. The number of benzene rings is 1. The Labute approximate surface area is 97.8 Å². The molecule has 0 bridgehead atoms. The minimum atomic E-state index is -0.454. The summed E-state index contributed by atoms with van der Waals surface area (Å²) < 4.78 is 18.2. The molecule has 1 fully saturated rings. The molecule has 5 heteroatoms. The number of hydrogen-bond acceptors (Lipinski definition) is 2. The van der Waals surface area contributed by atoms with E-state index in [0.29, 0.717) is 18.8 Å². The second kappa shape index (κ2) is 4.70. The average molecular weight is 244 g/mol. The third-order valence-electron chi connectivity index (χ3n) is 2.51. The van der Waals surface area contributed by atoms with Crippen LogP contribution in [-0.4, -0.2) is 29.5 Å². The smallest absolute Gasteiger partial charge is 0.316 e. The van der Waals surface area contributed by atoms with Crippen LogP contribution >= 0.6 is 11.6 Å². The summed E-state index contributed by atoms with van der Waals surface area (Å²) in [6.45, 7) is 1.09. The van der Waals surface area contributed by atoms with Gasteiger partial charge in [0.05, 0.1) is 6.54 Å². The van der Waals surface area contributed by atoms with E-state index in [1.54, 1.807) is 12.1 Å². The first kappa shape index (κ1) is 11.2. The lowest BCUT2D eigenvalue weighted by atomic mass is 10.3. The lowest BCUT2D eigenvalue weighted by Gasteiger charge is -2.14. The Morgan fingerprint density at radius 3 is 2.69 bits per heavy atom. The number of rotatable bonds is 2. The molecule has 86 valence electrons. The maximum absolute atomic E-state index is 12.6. The first-order valence-corrected chi connectivity index (χ1v) is 5.39. The van der Waals surface area contributed by atoms with Crippen LogP contribution in [0.1, 0.15) is 6.42 Å². The molecular formula is C11H11ClFNO2. The van der Waals surface area contributed by atoms with E-state index in [1.807, 2.05) is 0 Å². The van der Waals surface area contributed by atoms with E-state index in [4.69, 9.17) is 16.3 Å². The van der Waals surface area contributed by atoms with Crippen LogP contribution in [0.4, 0.5) is 9.18 Å². The highest BCUT2D eigenvalue weighted by atomic mass is 35.5. The molecule has 1 atom stereocenters. The summed E-state index contributed by atoms with van der Waals surface area (Å²) in [7, 11) is 0. The van der Waals surface area contributed by atoms with Crippen LogP contribution in [0.25, 0.3) is 0 Å². The Morgan fingerprint density at radius 2 is 2.12 bits per heavy atom. The normalized spacial score (nSPS) is 19.9. The fourth-order valence-electron chi connectivity index (χ4n) is 1.69. The van der Waals surface area contributed by atoms with Gasteiger partial charge in [-0.3, -0.25) is 4.79 Å². The van der Waals surface area contributed by atoms with Crippen molar-refractivity contribution in [2.75, 3.05) is 13.1 Å². The molecule has 1 unspecified atom stereocenters. The zero-order chi connectivity index (χ0) is 11.5. The van der Waals surface area contributed by atoms with Gasteiger partial charge in [-0.25, -0.2) is 4.39 Å². The van der Waals surface area contributed by atoms with Crippen LogP contribution in [-0.2, 0) is 0 Å². The van der Waals surface area contributed by atoms with Crippen molar-refractivity contribution in [1.29, 1.82) is 0 Å². The van der Waals surface area contributed by atoms with Crippen LogP contribution in [0.5, 0.6) is 5.75 Å². The van der Waals surface area contributed by atoms with Gasteiger partial charge in [0, 0.05) is 13.0 Å². The lowest BCUT2D eigenvalue weighted by Crippen LogP contribution is -2.26. The maximum atomic E-state index is 12.6. The van der Waals surface area contributed by atoms with Gasteiger partial charge in [0.2, 0.25) is 0 Å². The molecule has 1 aromatic carbocycles. The van der Waals surface area contributed by atoms with Crippen molar-refractivity contribution in [1.82, 2.24) is 4.90 Å². The Balaban J connectivity index is 1.92. The first-order valence-electron chi connectivity index (χ1n) is 5.02. The fourth-order valence-corrected chi connectivity index (χ4v) is 1.84. The van der Waals surface area contributed by atoms with Gasteiger partial charge in [-0.15, -0.1) is 0 Å². The molecule has 16 heavy (non-hydrogen) atoms. The highest BCUT2D eigenvalue weighted by Gasteiger charge is 2.26. The van der Waals surface area contributed by atoms with Crippen LogP contribution < -0.4 is 4.74 Å². The van der Waals surface area contributed by atoms with Crippen molar-refractivity contribution in [3.8, 4) is 5.75 Å². The molecule has 0 spiro atoms. The predicted molar refractivity (Wildman–Crippen MR) is 58.3 cm³/mol. The largest absolute Gasteiger partial charge is 0.489 e. The van der Waals surface area contributed by atoms with Crippen molar-refractivity contribution in [3.63, 3.8) is 0 Å². The minimum Gasteiger partial charge on any atom is -0.489 e. The SMILES string of the molecule is O=C(Cl)N1CCC(Oc2ccc(F)cc2)C1. The van der Waals surface area contributed by atoms with Crippen molar-refractivity contribution in [3.05, 3.63) is 30.1 Å². The van der Waals surface area contributed by atoms with Crippen molar-refractivity contribution in [2.45, 2.75) is 12.5 Å². The minimum absolute atomic E-state index is 0.0619. The molecule has 0 radical (unpaired) electrons.